The molecule has 0 fully saturated rings. The summed E-state index contributed by atoms with van der Waals surface area (Å²) in [5, 5.41) is 10.9. The van der Waals surface area contributed by atoms with E-state index in [1.807, 2.05) is 7.05 Å². The SMILES string of the molecule is COc1ccc(NC(=O)C(C)Sc2nncn2C)c(N)c1. The third-order valence-electron chi connectivity index (χ3n) is 2.84. The summed E-state index contributed by atoms with van der Waals surface area (Å²) in [5.41, 5.74) is 6.90. The van der Waals surface area contributed by atoms with E-state index in [0.717, 1.165) is 0 Å². The second kappa shape index (κ2) is 6.49. The highest BCUT2D eigenvalue weighted by Gasteiger charge is 2.18. The Bertz CT molecular complexity index is 643. The number of amides is 1. The van der Waals surface area contributed by atoms with Crippen LogP contribution < -0.4 is 15.8 Å². The first-order chi connectivity index (χ1) is 10.0. The first-order valence-corrected chi connectivity index (χ1v) is 7.14. The molecule has 0 bridgehead atoms. The molecule has 112 valence electrons. The number of nitrogens with one attached hydrogen (secondary N) is 1. The molecular formula is C13H17N5O2S. The zero-order valence-corrected chi connectivity index (χ0v) is 12.8. The van der Waals surface area contributed by atoms with Crippen LogP contribution in [-0.2, 0) is 11.8 Å². The van der Waals surface area contributed by atoms with Crippen molar-refractivity contribution in [2.75, 3.05) is 18.2 Å². The highest BCUT2D eigenvalue weighted by molar-refractivity contribution is 8.00. The van der Waals surface area contributed by atoms with Gasteiger partial charge >= 0.3 is 0 Å². The van der Waals surface area contributed by atoms with Crippen molar-refractivity contribution in [1.82, 2.24) is 14.8 Å². The monoisotopic (exact) mass is 307 g/mol. The lowest BCUT2D eigenvalue weighted by atomic mass is 10.2. The van der Waals surface area contributed by atoms with Crippen LogP contribution in [0.3, 0.4) is 0 Å². The maximum atomic E-state index is 12.2. The molecule has 0 radical (unpaired) electrons. The number of nitrogens with two attached hydrogens (primary N) is 1. The fourth-order valence-corrected chi connectivity index (χ4v) is 2.40. The van der Waals surface area contributed by atoms with Crippen molar-refractivity contribution in [3.8, 4) is 5.75 Å². The van der Waals surface area contributed by atoms with Gasteiger partial charge in [-0.25, -0.2) is 0 Å². The number of benzene rings is 1. The number of aromatic nitrogens is 3. The largest absolute Gasteiger partial charge is 0.497 e. The van der Waals surface area contributed by atoms with Gasteiger partial charge in [-0.3, -0.25) is 4.79 Å². The summed E-state index contributed by atoms with van der Waals surface area (Å²) in [4.78, 5) is 12.2. The Morgan fingerprint density at radius 2 is 2.29 bits per heavy atom. The molecule has 21 heavy (non-hydrogen) atoms. The maximum Gasteiger partial charge on any atom is 0.237 e. The van der Waals surface area contributed by atoms with E-state index < -0.39 is 0 Å². The van der Waals surface area contributed by atoms with Crippen molar-refractivity contribution in [1.29, 1.82) is 0 Å². The number of carbonyl (C=O) groups is 1. The summed E-state index contributed by atoms with van der Waals surface area (Å²) in [7, 11) is 3.39. The number of nitrogens with zero attached hydrogens (tertiary/aromatic N) is 3. The van der Waals surface area contributed by atoms with Gasteiger partial charge in [-0.05, 0) is 19.1 Å². The summed E-state index contributed by atoms with van der Waals surface area (Å²) in [6.07, 6.45) is 1.59. The van der Waals surface area contributed by atoms with Gasteiger partial charge in [0.1, 0.15) is 12.1 Å². The van der Waals surface area contributed by atoms with Crippen LogP contribution >= 0.6 is 11.8 Å². The Hall–Kier alpha value is -2.22. The summed E-state index contributed by atoms with van der Waals surface area (Å²) < 4.78 is 6.83. The van der Waals surface area contributed by atoms with Crippen molar-refractivity contribution < 1.29 is 9.53 Å². The number of nitrogen functional groups attached to an aromatic ring is 1. The van der Waals surface area contributed by atoms with Crippen LogP contribution in [0.15, 0.2) is 29.7 Å². The number of methoxy groups -OCH3 is 1. The van der Waals surface area contributed by atoms with Gasteiger partial charge in [0, 0.05) is 13.1 Å². The smallest absolute Gasteiger partial charge is 0.237 e. The van der Waals surface area contributed by atoms with Crippen molar-refractivity contribution >= 4 is 29.0 Å². The summed E-state index contributed by atoms with van der Waals surface area (Å²) in [5.74, 6) is 0.492. The van der Waals surface area contributed by atoms with Crippen LogP contribution in [0.5, 0.6) is 5.75 Å². The first-order valence-electron chi connectivity index (χ1n) is 6.26. The highest BCUT2D eigenvalue weighted by Crippen LogP contribution is 2.26. The molecule has 1 aromatic carbocycles. The Morgan fingerprint density at radius 3 is 2.86 bits per heavy atom. The van der Waals surface area contributed by atoms with Crippen molar-refractivity contribution in [3.63, 3.8) is 0 Å². The molecular weight excluding hydrogens is 290 g/mol. The molecule has 0 aliphatic rings. The van der Waals surface area contributed by atoms with E-state index in [2.05, 4.69) is 15.5 Å². The van der Waals surface area contributed by atoms with Gasteiger partial charge in [-0.2, -0.15) is 0 Å². The Balaban J connectivity index is 2.02. The van der Waals surface area contributed by atoms with Crippen LogP contribution in [-0.4, -0.2) is 33.0 Å². The van der Waals surface area contributed by atoms with E-state index in [-0.39, 0.29) is 11.2 Å². The number of rotatable bonds is 5. The molecule has 0 aliphatic heterocycles. The lowest BCUT2D eigenvalue weighted by molar-refractivity contribution is -0.115. The van der Waals surface area contributed by atoms with Crippen LogP contribution in [0.25, 0.3) is 0 Å². The van der Waals surface area contributed by atoms with Crippen molar-refractivity contribution in [3.05, 3.63) is 24.5 Å². The average molecular weight is 307 g/mol. The van der Waals surface area contributed by atoms with Gasteiger partial charge < -0.3 is 20.4 Å². The van der Waals surface area contributed by atoms with E-state index in [0.29, 0.717) is 22.3 Å². The van der Waals surface area contributed by atoms with Gasteiger partial charge in [0.2, 0.25) is 5.91 Å². The molecule has 2 aromatic rings. The fraction of sp³-hybridized carbons (Fsp3) is 0.308. The van der Waals surface area contributed by atoms with E-state index >= 15 is 0 Å². The summed E-state index contributed by atoms with van der Waals surface area (Å²) in [6, 6.07) is 5.12. The average Bonchev–Trinajstić information content (AvgIpc) is 2.86. The van der Waals surface area contributed by atoms with Crippen molar-refractivity contribution in [2.45, 2.75) is 17.3 Å². The molecule has 1 atom stereocenters. The summed E-state index contributed by atoms with van der Waals surface area (Å²) >= 11 is 1.33. The van der Waals surface area contributed by atoms with E-state index in [1.165, 1.54) is 11.8 Å². The molecule has 7 nitrogen and oxygen atoms in total. The number of ether oxygens (including phenoxy) is 1. The quantitative estimate of drug-likeness (QED) is 0.642. The molecule has 0 aliphatic carbocycles. The van der Waals surface area contributed by atoms with Gasteiger partial charge in [-0.1, -0.05) is 11.8 Å². The molecule has 0 saturated carbocycles. The Morgan fingerprint density at radius 1 is 1.52 bits per heavy atom. The van der Waals surface area contributed by atoms with Gasteiger partial charge in [-0.15, -0.1) is 10.2 Å². The minimum absolute atomic E-state index is 0.153. The van der Waals surface area contributed by atoms with Crippen LogP contribution in [0.4, 0.5) is 11.4 Å². The van der Waals surface area contributed by atoms with Crippen LogP contribution in [0.1, 0.15) is 6.92 Å². The standard InChI is InChI=1S/C13H17N5O2S/c1-8(21-13-17-15-7-18(13)2)12(19)16-11-5-4-9(20-3)6-10(11)14/h4-8H,14H2,1-3H3,(H,16,19). The lowest BCUT2D eigenvalue weighted by Crippen LogP contribution is -2.23. The number of aryl methyl sites for hydroxylation is 1. The minimum Gasteiger partial charge on any atom is -0.497 e. The number of carbonyl (C=O) groups excluding carboxylic acids is 1. The zero-order valence-electron chi connectivity index (χ0n) is 12.0. The van der Waals surface area contributed by atoms with Crippen molar-refractivity contribution in [2.24, 2.45) is 7.05 Å². The predicted molar refractivity (Wildman–Crippen MR) is 82.4 cm³/mol. The Labute approximate surface area is 126 Å². The highest BCUT2D eigenvalue weighted by atomic mass is 32.2. The number of thioether (sulfide) groups is 1. The second-order valence-corrected chi connectivity index (χ2v) is 5.73. The number of hydrogen-bond acceptors (Lipinski definition) is 6. The lowest BCUT2D eigenvalue weighted by Gasteiger charge is -2.13. The number of anilines is 2. The minimum atomic E-state index is -0.325. The van der Waals surface area contributed by atoms with Crippen LogP contribution in [0.2, 0.25) is 0 Å². The molecule has 1 heterocycles. The molecule has 2 rings (SSSR count). The van der Waals surface area contributed by atoms with Gasteiger partial charge in [0.05, 0.1) is 23.7 Å². The van der Waals surface area contributed by atoms with E-state index in [4.69, 9.17) is 10.5 Å². The molecule has 1 unspecified atom stereocenters. The van der Waals surface area contributed by atoms with Gasteiger partial charge in [0.25, 0.3) is 0 Å². The molecule has 0 saturated heterocycles. The fourth-order valence-electron chi connectivity index (χ4n) is 1.61. The van der Waals surface area contributed by atoms with Crippen LogP contribution in [0, 0.1) is 0 Å². The van der Waals surface area contributed by atoms with E-state index in [9.17, 15) is 4.79 Å². The molecule has 0 spiro atoms. The zero-order chi connectivity index (χ0) is 15.4. The predicted octanol–water partition coefficient (Wildman–Crippen LogP) is 1.53. The second-order valence-electron chi connectivity index (χ2n) is 4.43. The molecule has 1 aromatic heterocycles. The normalized spacial score (nSPS) is 12.0. The van der Waals surface area contributed by atoms with E-state index in [1.54, 1.807) is 43.1 Å². The first kappa shape index (κ1) is 15.2. The maximum absolute atomic E-state index is 12.2. The Kier molecular flexibility index (Phi) is 4.69. The topological polar surface area (TPSA) is 95.1 Å². The summed E-state index contributed by atoms with van der Waals surface area (Å²) in [6.45, 7) is 1.80. The number of hydrogen-bond donors (Lipinski definition) is 2. The third-order valence-corrected chi connectivity index (χ3v) is 3.99. The molecule has 3 N–H and O–H groups in total. The third kappa shape index (κ3) is 3.66. The molecule has 1 amide bonds. The van der Waals surface area contributed by atoms with Gasteiger partial charge in [0.15, 0.2) is 5.16 Å². The molecule has 8 heteroatoms.